The molecule has 0 aromatic heterocycles. The number of carbonyl (C=O) groups excluding carboxylic acids is 1. The Bertz CT molecular complexity index is 468. The van der Waals surface area contributed by atoms with Crippen LogP contribution in [0.3, 0.4) is 0 Å². The predicted octanol–water partition coefficient (Wildman–Crippen LogP) is 0.974. The molecule has 0 unspecified atom stereocenters. The van der Waals surface area contributed by atoms with Crippen LogP contribution in [0.1, 0.15) is 46.0 Å². The molecule has 2 N–H and O–H groups in total. The molecule has 1 amide bonds. The highest BCUT2D eigenvalue weighted by molar-refractivity contribution is 5.67. The molecule has 3 aliphatic rings. The van der Waals surface area contributed by atoms with Gasteiger partial charge in [-0.15, -0.1) is 0 Å². The minimum absolute atomic E-state index is 0.209. The molecule has 2 atom stereocenters. The normalized spacial score (nSPS) is 34.2. The van der Waals surface area contributed by atoms with Crippen molar-refractivity contribution in [2.75, 3.05) is 39.4 Å². The number of ether oxygens (including phenoxy) is 2. The standard InChI is InChI=1S/C18H32N2O5/c1-3-24-16(22)20-9-4-14(5-10-20)19-11-6-18(7-12-19)15(21)17(2,23)8-13-25-18/h14-15,21,23H,3-13H2,1-2H3/t15-,17+/m0/s1. The minimum atomic E-state index is -1.06. The van der Waals surface area contributed by atoms with E-state index < -0.39 is 17.3 Å². The second kappa shape index (κ2) is 7.39. The summed E-state index contributed by atoms with van der Waals surface area (Å²) in [6, 6.07) is 0.462. The lowest BCUT2D eigenvalue weighted by Crippen LogP contribution is -2.65. The van der Waals surface area contributed by atoms with E-state index >= 15 is 0 Å². The Kier molecular flexibility index (Phi) is 5.58. The average molecular weight is 356 g/mol. The van der Waals surface area contributed by atoms with Gasteiger partial charge in [-0.1, -0.05) is 0 Å². The van der Waals surface area contributed by atoms with E-state index in [4.69, 9.17) is 9.47 Å². The van der Waals surface area contributed by atoms with Gasteiger partial charge in [0.05, 0.1) is 24.4 Å². The molecule has 0 aromatic rings. The molecule has 1 spiro atoms. The molecule has 3 rings (SSSR count). The van der Waals surface area contributed by atoms with Crippen molar-refractivity contribution < 1.29 is 24.5 Å². The van der Waals surface area contributed by atoms with Crippen LogP contribution in [0.15, 0.2) is 0 Å². The molecule has 0 radical (unpaired) electrons. The molecule has 25 heavy (non-hydrogen) atoms. The van der Waals surface area contributed by atoms with E-state index in [2.05, 4.69) is 4.90 Å². The lowest BCUT2D eigenvalue weighted by Gasteiger charge is -2.53. The molecule has 3 saturated heterocycles. The van der Waals surface area contributed by atoms with Crippen LogP contribution in [0.4, 0.5) is 4.79 Å². The molecular weight excluding hydrogens is 324 g/mol. The number of likely N-dealkylation sites (tertiary alicyclic amines) is 2. The summed E-state index contributed by atoms with van der Waals surface area (Å²) in [5, 5.41) is 21.0. The van der Waals surface area contributed by atoms with Crippen LogP contribution in [0.2, 0.25) is 0 Å². The first-order chi connectivity index (χ1) is 11.9. The highest BCUT2D eigenvalue weighted by Crippen LogP contribution is 2.40. The first-order valence-corrected chi connectivity index (χ1v) is 9.58. The summed E-state index contributed by atoms with van der Waals surface area (Å²) in [6.45, 7) is 7.64. The zero-order chi connectivity index (χ0) is 18.1. The van der Waals surface area contributed by atoms with Gasteiger partial charge in [0.15, 0.2) is 0 Å². The summed E-state index contributed by atoms with van der Waals surface area (Å²) in [5.41, 5.74) is -1.67. The van der Waals surface area contributed by atoms with Crippen LogP contribution >= 0.6 is 0 Å². The second-order valence-corrected chi connectivity index (χ2v) is 7.88. The Morgan fingerprint density at radius 1 is 1.20 bits per heavy atom. The van der Waals surface area contributed by atoms with Crippen molar-refractivity contribution in [1.82, 2.24) is 9.80 Å². The van der Waals surface area contributed by atoms with Crippen LogP contribution in [0.5, 0.6) is 0 Å². The van der Waals surface area contributed by atoms with Gasteiger partial charge in [0.2, 0.25) is 0 Å². The van der Waals surface area contributed by atoms with Gasteiger partial charge in [0, 0.05) is 38.6 Å². The SMILES string of the molecule is CCOC(=O)N1CCC(N2CCC3(CC2)OCC[C@@](C)(O)[C@@H]3O)CC1. The lowest BCUT2D eigenvalue weighted by molar-refractivity contribution is -0.247. The van der Waals surface area contributed by atoms with Crippen molar-refractivity contribution in [2.45, 2.75) is 69.3 Å². The Hall–Kier alpha value is -0.890. The van der Waals surface area contributed by atoms with Gasteiger partial charge in [-0.3, -0.25) is 0 Å². The summed E-state index contributed by atoms with van der Waals surface area (Å²) in [6.07, 6.45) is 2.82. The first-order valence-electron chi connectivity index (χ1n) is 9.58. The maximum atomic E-state index is 11.8. The van der Waals surface area contributed by atoms with Crippen molar-refractivity contribution in [3.05, 3.63) is 0 Å². The van der Waals surface area contributed by atoms with Crippen molar-refractivity contribution in [3.63, 3.8) is 0 Å². The van der Waals surface area contributed by atoms with E-state index in [9.17, 15) is 15.0 Å². The Balaban J connectivity index is 1.51. The van der Waals surface area contributed by atoms with Crippen molar-refractivity contribution in [1.29, 1.82) is 0 Å². The number of aliphatic hydroxyl groups is 2. The van der Waals surface area contributed by atoms with E-state index in [0.717, 1.165) is 51.9 Å². The number of amides is 1. The van der Waals surface area contributed by atoms with E-state index in [1.54, 1.807) is 11.8 Å². The van der Waals surface area contributed by atoms with E-state index in [-0.39, 0.29) is 6.09 Å². The molecule has 7 nitrogen and oxygen atoms in total. The zero-order valence-corrected chi connectivity index (χ0v) is 15.4. The minimum Gasteiger partial charge on any atom is -0.450 e. The number of rotatable bonds is 2. The van der Waals surface area contributed by atoms with Crippen molar-refractivity contribution in [2.24, 2.45) is 0 Å². The molecule has 3 fully saturated rings. The molecule has 144 valence electrons. The number of carbonyl (C=O) groups is 1. The molecule has 7 heteroatoms. The molecule has 0 aromatic carbocycles. The zero-order valence-electron chi connectivity index (χ0n) is 15.4. The maximum Gasteiger partial charge on any atom is 0.409 e. The van der Waals surface area contributed by atoms with Gasteiger partial charge < -0.3 is 29.5 Å². The van der Waals surface area contributed by atoms with Gasteiger partial charge in [0.1, 0.15) is 6.10 Å². The van der Waals surface area contributed by atoms with E-state index in [0.29, 0.717) is 25.7 Å². The number of hydrogen-bond donors (Lipinski definition) is 2. The van der Waals surface area contributed by atoms with Crippen LogP contribution in [0, 0.1) is 0 Å². The Morgan fingerprint density at radius 2 is 1.84 bits per heavy atom. The molecular formula is C18H32N2O5. The van der Waals surface area contributed by atoms with Gasteiger partial charge in [-0.2, -0.15) is 0 Å². The third kappa shape index (κ3) is 3.79. The maximum absolute atomic E-state index is 11.8. The second-order valence-electron chi connectivity index (χ2n) is 7.88. The van der Waals surface area contributed by atoms with Crippen LogP contribution in [0.25, 0.3) is 0 Å². The number of piperidine rings is 2. The monoisotopic (exact) mass is 356 g/mol. The first kappa shape index (κ1) is 18.9. The molecule has 0 aliphatic carbocycles. The molecule has 0 bridgehead atoms. The fraction of sp³-hybridized carbons (Fsp3) is 0.944. The topological polar surface area (TPSA) is 82.5 Å². The van der Waals surface area contributed by atoms with E-state index in [1.165, 1.54) is 0 Å². The third-order valence-corrected chi connectivity index (χ3v) is 6.24. The highest BCUT2D eigenvalue weighted by atomic mass is 16.6. The van der Waals surface area contributed by atoms with Crippen molar-refractivity contribution in [3.8, 4) is 0 Å². The Morgan fingerprint density at radius 3 is 2.44 bits per heavy atom. The van der Waals surface area contributed by atoms with E-state index in [1.807, 2.05) is 6.92 Å². The van der Waals surface area contributed by atoms with Gasteiger partial charge >= 0.3 is 6.09 Å². The van der Waals surface area contributed by atoms with Gasteiger partial charge in [0.25, 0.3) is 0 Å². The number of hydrogen-bond acceptors (Lipinski definition) is 6. The highest BCUT2D eigenvalue weighted by Gasteiger charge is 2.53. The molecule has 0 saturated carbocycles. The lowest BCUT2D eigenvalue weighted by atomic mass is 9.74. The predicted molar refractivity (Wildman–Crippen MR) is 92.4 cm³/mol. The van der Waals surface area contributed by atoms with Crippen LogP contribution in [-0.4, -0.2) is 88.8 Å². The number of aliphatic hydroxyl groups excluding tert-OH is 1. The largest absolute Gasteiger partial charge is 0.450 e. The summed E-state index contributed by atoms with van der Waals surface area (Å²) in [7, 11) is 0. The fourth-order valence-electron chi connectivity index (χ4n) is 4.56. The van der Waals surface area contributed by atoms with Gasteiger partial charge in [-0.05, 0) is 39.5 Å². The average Bonchev–Trinajstić information content (AvgIpc) is 2.61. The van der Waals surface area contributed by atoms with Gasteiger partial charge in [-0.25, -0.2) is 4.79 Å². The molecule has 3 aliphatic heterocycles. The van der Waals surface area contributed by atoms with Crippen LogP contribution in [-0.2, 0) is 9.47 Å². The summed E-state index contributed by atoms with van der Waals surface area (Å²) in [4.78, 5) is 16.0. The summed E-state index contributed by atoms with van der Waals surface area (Å²) >= 11 is 0. The quantitative estimate of drug-likeness (QED) is 0.767. The Labute approximate surface area is 149 Å². The van der Waals surface area contributed by atoms with Crippen molar-refractivity contribution >= 4 is 6.09 Å². The fourth-order valence-corrected chi connectivity index (χ4v) is 4.56. The third-order valence-electron chi connectivity index (χ3n) is 6.24. The number of nitrogens with zero attached hydrogens (tertiary/aromatic N) is 2. The van der Waals surface area contributed by atoms with Crippen LogP contribution < -0.4 is 0 Å². The summed E-state index contributed by atoms with van der Waals surface area (Å²) < 4.78 is 11.0. The smallest absolute Gasteiger partial charge is 0.409 e. The molecule has 3 heterocycles. The summed E-state index contributed by atoms with van der Waals surface area (Å²) in [5.74, 6) is 0.